The van der Waals surface area contributed by atoms with Crippen molar-refractivity contribution in [2.45, 2.75) is 32.2 Å². The molecule has 1 atom stereocenters. The number of hydrogen-bond donors (Lipinski definition) is 1. The molecule has 0 aliphatic heterocycles. The van der Waals surface area contributed by atoms with Crippen molar-refractivity contribution in [1.29, 1.82) is 0 Å². The number of carbonyl (C=O) groups excluding carboxylic acids is 1. The molecule has 0 aromatic heterocycles. The molecule has 0 fully saturated rings. The highest BCUT2D eigenvalue weighted by Crippen LogP contribution is 2.07. The van der Waals surface area contributed by atoms with Crippen LogP contribution >= 0.6 is 24.2 Å². The van der Waals surface area contributed by atoms with Gasteiger partial charge in [0.2, 0.25) is 0 Å². The first kappa shape index (κ1) is 16.5. The predicted molar refractivity (Wildman–Crippen MR) is 64.1 cm³/mol. The highest BCUT2D eigenvalue weighted by atomic mass is 35.5. The van der Waals surface area contributed by atoms with Crippen molar-refractivity contribution in [3.05, 3.63) is 0 Å². The molecule has 5 heteroatoms. The maximum absolute atomic E-state index is 10.9. The van der Waals surface area contributed by atoms with Crippen molar-refractivity contribution in [2.24, 2.45) is 5.73 Å². The van der Waals surface area contributed by atoms with Crippen LogP contribution in [-0.4, -0.2) is 30.6 Å². The van der Waals surface area contributed by atoms with Gasteiger partial charge < -0.3 is 10.5 Å². The standard InChI is InChI=1S/C9H19NO2S.ClH/c1-3-4-6-13-7-5-8(10)9(11)12-2;/h8H,3-7,10H2,1-2H3;1H/t8-;/m0./s1. The minimum atomic E-state index is -0.445. The monoisotopic (exact) mass is 241 g/mol. The van der Waals surface area contributed by atoms with E-state index < -0.39 is 6.04 Å². The van der Waals surface area contributed by atoms with Gasteiger partial charge in [-0.25, -0.2) is 0 Å². The molecule has 0 radical (unpaired) electrons. The summed E-state index contributed by atoms with van der Waals surface area (Å²) in [5.74, 6) is 1.79. The fourth-order valence-corrected chi connectivity index (χ4v) is 1.95. The molecule has 3 nitrogen and oxygen atoms in total. The van der Waals surface area contributed by atoms with Gasteiger partial charge in [-0.1, -0.05) is 13.3 Å². The third-order valence-electron chi connectivity index (χ3n) is 1.72. The van der Waals surface area contributed by atoms with Gasteiger partial charge in [-0.15, -0.1) is 12.4 Å². The lowest BCUT2D eigenvalue weighted by Crippen LogP contribution is -2.32. The van der Waals surface area contributed by atoms with Gasteiger partial charge in [0.05, 0.1) is 7.11 Å². The van der Waals surface area contributed by atoms with Crippen LogP contribution in [-0.2, 0) is 9.53 Å². The number of halogens is 1. The summed E-state index contributed by atoms with van der Waals surface area (Å²) >= 11 is 1.85. The Morgan fingerprint density at radius 3 is 2.64 bits per heavy atom. The zero-order chi connectivity index (χ0) is 10.1. The minimum Gasteiger partial charge on any atom is -0.468 e. The molecule has 0 saturated heterocycles. The van der Waals surface area contributed by atoms with Gasteiger partial charge in [-0.05, 0) is 24.3 Å². The summed E-state index contributed by atoms with van der Waals surface area (Å²) in [7, 11) is 1.37. The first-order valence-electron chi connectivity index (χ1n) is 4.63. The van der Waals surface area contributed by atoms with Gasteiger partial charge >= 0.3 is 5.97 Å². The predicted octanol–water partition coefficient (Wildman–Crippen LogP) is 1.83. The zero-order valence-corrected chi connectivity index (χ0v) is 10.5. The number of esters is 1. The molecule has 86 valence electrons. The Balaban J connectivity index is 0. The van der Waals surface area contributed by atoms with Crippen molar-refractivity contribution < 1.29 is 9.53 Å². The van der Waals surface area contributed by atoms with Crippen molar-refractivity contribution in [2.75, 3.05) is 18.6 Å². The lowest BCUT2D eigenvalue weighted by atomic mass is 10.2. The van der Waals surface area contributed by atoms with Gasteiger partial charge in [0.1, 0.15) is 6.04 Å². The Hall–Kier alpha value is 0.0700. The summed E-state index contributed by atoms with van der Waals surface area (Å²) in [5.41, 5.74) is 5.55. The van der Waals surface area contributed by atoms with Gasteiger partial charge in [0.25, 0.3) is 0 Å². The topological polar surface area (TPSA) is 52.3 Å². The molecule has 2 N–H and O–H groups in total. The number of methoxy groups -OCH3 is 1. The first-order valence-corrected chi connectivity index (χ1v) is 5.79. The average Bonchev–Trinajstić information content (AvgIpc) is 2.16. The van der Waals surface area contributed by atoms with Crippen LogP contribution in [0.3, 0.4) is 0 Å². The summed E-state index contributed by atoms with van der Waals surface area (Å²) in [6.07, 6.45) is 3.16. The highest BCUT2D eigenvalue weighted by molar-refractivity contribution is 7.99. The largest absolute Gasteiger partial charge is 0.468 e. The van der Waals surface area contributed by atoms with Crippen LogP contribution in [0.4, 0.5) is 0 Å². The summed E-state index contributed by atoms with van der Waals surface area (Å²) in [4.78, 5) is 10.9. The smallest absolute Gasteiger partial charge is 0.322 e. The second-order valence-electron chi connectivity index (χ2n) is 2.88. The summed E-state index contributed by atoms with van der Waals surface area (Å²) in [6, 6.07) is -0.445. The van der Waals surface area contributed by atoms with Crippen LogP contribution in [0.1, 0.15) is 26.2 Å². The second kappa shape index (κ2) is 11.1. The molecule has 0 heterocycles. The molecule has 0 aliphatic carbocycles. The molecule has 0 aromatic rings. The second-order valence-corrected chi connectivity index (χ2v) is 4.11. The van der Waals surface area contributed by atoms with Gasteiger partial charge in [0.15, 0.2) is 0 Å². The number of thioether (sulfide) groups is 1. The zero-order valence-electron chi connectivity index (χ0n) is 8.82. The first-order chi connectivity index (χ1) is 6.22. The number of rotatable bonds is 7. The summed E-state index contributed by atoms with van der Waals surface area (Å²) in [5, 5.41) is 0. The van der Waals surface area contributed by atoms with E-state index in [0.717, 1.165) is 11.5 Å². The van der Waals surface area contributed by atoms with Crippen LogP contribution in [0.15, 0.2) is 0 Å². The number of ether oxygens (including phenoxy) is 1. The summed E-state index contributed by atoms with van der Waals surface area (Å²) in [6.45, 7) is 2.17. The molecule has 0 rings (SSSR count). The molecule has 0 amide bonds. The van der Waals surface area contributed by atoms with E-state index >= 15 is 0 Å². The normalized spacial score (nSPS) is 11.6. The molecule has 0 aliphatic rings. The van der Waals surface area contributed by atoms with Crippen LogP contribution < -0.4 is 5.73 Å². The highest BCUT2D eigenvalue weighted by Gasteiger charge is 2.12. The van der Waals surface area contributed by atoms with E-state index in [1.165, 1.54) is 20.0 Å². The van der Waals surface area contributed by atoms with Crippen molar-refractivity contribution in [3.8, 4) is 0 Å². The Morgan fingerprint density at radius 2 is 2.14 bits per heavy atom. The van der Waals surface area contributed by atoms with Crippen LogP contribution in [0.5, 0.6) is 0 Å². The lowest BCUT2D eigenvalue weighted by Gasteiger charge is -2.07. The van der Waals surface area contributed by atoms with Crippen molar-refractivity contribution in [3.63, 3.8) is 0 Å². The van der Waals surface area contributed by atoms with Gasteiger partial charge in [-0.3, -0.25) is 4.79 Å². The van der Waals surface area contributed by atoms with Crippen molar-refractivity contribution >= 4 is 30.1 Å². The van der Waals surface area contributed by atoms with Gasteiger partial charge in [0, 0.05) is 0 Å². The Bertz CT molecular complexity index is 147. The maximum Gasteiger partial charge on any atom is 0.322 e. The Kier molecular flexibility index (Phi) is 13.1. The number of carbonyl (C=O) groups is 1. The average molecular weight is 242 g/mol. The quantitative estimate of drug-likeness (QED) is 0.546. The molecule has 0 spiro atoms. The molecule has 14 heavy (non-hydrogen) atoms. The van der Waals surface area contributed by atoms with Crippen molar-refractivity contribution in [1.82, 2.24) is 0 Å². The molecule has 0 saturated carbocycles. The molecular weight excluding hydrogens is 222 g/mol. The number of nitrogens with two attached hydrogens (primary N) is 1. The van der Waals surface area contributed by atoms with E-state index in [1.54, 1.807) is 0 Å². The summed E-state index contributed by atoms with van der Waals surface area (Å²) < 4.78 is 4.52. The molecule has 0 unspecified atom stereocenters. The van der Waals surface area contributed by atoms with E-state index in [4.69, 9.17) is 5.73 Å². The van der Waals surface area contributed by atoms with E-state index in [9.17, 15) is 4.79 Å². The Labute approximate surface area is 96.5 Å². The van der Waals surface area contributed by atoms with E-state index in [2.05, 4.69) is 11.7 Å². The molecule has 0 bridgehead atoms. The van der Waals surface area contributed by atoms with E-state index in [-0.39, 0.29) is 18.4 Å². The SMILES string of the molecule is CCCCSCC[C@H](N)C(=O)OC.Cl. The fraction of sp³-hybridized carbons (Fsp3) is 0.889. The van der Waals surface area contributed by atoms with E-state index in [1.807, 2.05) is 11.8 Å². The minimum absolute atomic E-state index is 0. The number of unbranched alkanes of at least 4 members (excludes halogenated alkanes) is 1. The molecule has 0 aromatic carbocycles. The third-order valence-corrected chi connectivity index (χ3v) is 2.82. The fourth-order valence-electron chi connectivity index (χ4n) is 0.828. The van der Waals surface area contributed by atoms with Crippen LogP contribution in [0.2, 0.25) is 0 Å². The third kappa shape index (κ3) is 8.66. The molecular formula is C9H20ClNO2S. The van der Waals surface area contributed by atoms with E-state index in [0.29, 0.717) is 6.42 Å². The van der Waals surface area contributed by atoms with Crippen LogP contribution in [0.25, 0.3) is 0 Å². The van der Waals surface area contributed by atoms with Crippen LogP contribution in [0, 0.1) is 0 Å². The Morgan fingerprint density at radius 1 is 1.50 bits per heavy atom. The van der Waals surface area contributed by atoms with Gasteiger partial charge in [-0.2, -0.15) is 11.8 Å². The lowest BCUT2D eigenvalue weighted by molar-refractivity contribution is -0.142. The maximum atomic E-state index is 10.9. The number of hydrogen-bond acceptors (Lipinski definition) is 4.